The molecule has 5 heteroatoms. The van der Waals surface area contributed by atoms with Crippen molar-refractivity contribution in [2.24, 2.45) is 11.7 Å². The van der Waals surface area contributed by atoms with Gasteiger partial charge in [-0.15, -0.1) is 0 Å². The van der Waals surface area contributed by atoms with Gasteiger partial charge in [-0.2, -0.15) is 5.10 Å². The fourth-order valence-corrected chi connectivity index (χ4v) is 4.15. The summed E-state index contributed by atoms with van der Waals surface area (Å²) in [6.45, 7) is 0.640. The molecule has 5 nitrogen and oxygen atoms in total. The number of fused-ring (bicyclic) bond motifs is 1. The third kappa shape index (κ3) is 2.63. The minimum atomic E-state index is -0.0341. The van der Waals surface area contributed by atoms with E-state index in [0.29, 0.717) is 18.2 Å². The van der Waals surface area contributed by atoms with Crippen LogP contribution in [0.25, 0.3) is 5.69 Å². The summed E-state index contributed by atoms with van der Waals surface area (Å²) in [5.74, 6) is 0.367. The maximum atomic E-state index is 12.8. The number of aromatic nitrogens is 2. The number of carbonyl (C=O) groups excluding carboxylic acids is 1. The highest BCUT2D eigenvalue weighted by molar-refractivity contribution is 5.94. The van der Waals surface area contributed by atoms with E-state index in [1.807, 2.05) is 35.0 Å². The molecule has 0 aliphatic heterocycles. The second-order valence-electron chi connectivity index (χ2n) is 6.88. The van der Waals surface area contributed by atoms with Gasteiger partial charge < -0.3 is 11.1 Å². The zero-order valence-electron chi connectivity index (χ0n) is 13.9. The number of rotatable bonds is 4. The zero-order valence-corrected chi connectivity index (χ0v) is 13.9. The van der Waals surface area contributed by atoms with E-state index in [2.05, 4.69) is 10.4 Å². The van der Waals surface area contributed by atoms with Gasteiger partial charge in [0.05, 0.1) is 5.69 Å². The molecular weight excluding hydrogens is 300 g/mol. The minimum absolute atomic E-state index is 0.0341. The van der Waals surface area contributed by atoms with Gasteiger partial charge in [-0.3, -0.25) is 4.79 Å². The van der Waals surface area contributed by atoms with Crippen molar-refractivity contribution in [2.75, 3.05) is 6.54 Å². The summed E-state index contributed by atoms with van der Waals surface area (Å²) in [5.41, 5.74) is 9.78. The monoisotopic (exact) mass is 324 g/mol. The van der Waals surface area contributed by atoms with Crippen LogP contribution in [0.1, 0.15) is 47.4 Å². The SMILES string of the molecule is NCC1CCCC1NC(=O)c1nn(-c2ccccc2)c2c1CCC2. The Kier molecular flexibility index (Phi) is 4.10. The van der Waals surface area contributed by atoms with Crippen LogP contribution in [0.2, 0.25) is 0 Å². The molecule has 2 aliphatic rings. The highest BCUT2D eigenvalue weighted by Gasteiger charge is 2.31. The van der Waals surface area contributed by atoms with E-state index in [9.17, 15) is 4.79 Å². The first kappa shape index (κ1) is 15.4. The standard InChI is InChI=1S/C19H24N4O/c20-12-13-6-4-10-16(13)21-19(24)18-15-9-5-11-17(15)23(22-18)14-7-2-1-3-8-14/h1-3,7-8,13,16H,4-6,9-12,20H2,(H,21,24). The normalized spacial score (nSPS) is 22.5. The van der Waals surface area contributed by atoms with Gasteiger partial charge in [0.2, 0.25) is 0 Å². The molecule has 24 heavy (non-hydrogen) atoms. The summed E-state index contributed by atoms with van der Waals surface area (Å²) >= 11 is 0. The fourth-order valence-electron chi connectivity index (χ4n) is 4.15. The molecule has 3 N–H and O–H groups in total. The number of amides is 1. The molecule has 1 aromatic carbocycles. The van der Waals surface area contributed by atoms with E-state index >= 15 is 0 Å². The number of hydrogen-bond donors (Lipinski definition) is 2. The van der Waals surface area contributed by atoms with Gasteiger partial charge in [-0.1, -0.05) is 24.6 Å². The molecule has 0 bridgehead atoms. The van der Waals surface area contributed by atoms with Crippen molar-refractivity contribution in [2.45, 2.75) is 44.6 Å². The first-order valence-corrected chi connectivity index (χ1v) is 8.95. The van der Waals surface area contributed by atoms with E-state index in [1.54, 1.807) is 0 Å². The molecule has 126 valence electrons. The van der Waals surface area contributed by atoms with Gasteiger partial charge in [0, 0.05) is 17.3 Å². The summed E-state index contributed by atoms with van der Waals surface area (Å²) < 4.78 is 1.95. The van der Waals surface area contributed by atoms with Gasteiger partial charge in [0.1, 0.15) is 0 Å². The minimum Gasteiger partial charge on any atom is -0.348 e. The van der Waals surface area contributed by atoms with Gasteiger partial charge in [-0.05, 0) is 56.7 Å². The van der Waals surface area contributed by atoms with Crippen LogP contribution in [0.5, 0.6) is 0 Å². The molecule has 0 saturated heterocycles. The Balaban J connectivity index is 1.63. The van der Waals surface area contributed by atoms with Crippen molar-refractivity contribution in [3.8, 4) is 5.69 Å². The van der Waals surface area contributed by atoms with Crippen LogP contribution in [0.4, 0.5) is 0 Å². The molecule has 1 heterocycles. The van der Waals surface area contributed by atoms with Crippen molar-refractivity contribution < 1.29 is 4.79 Å². The third-order valence-electron chi connectivity index (χ3n) is 5.42. The number of nitrogens with one attached hydrogen (secondary N) is 1. The molecular formula is C19H24N4O. The lowest BCUT2D eigenvalue weighted by Crippen LogP contribution is -2.40. The number of carbonyl (C=O) groups is 1. The molecule has 1 amide bonds. The summed E-state index contributed by atoms with van der Waals surface area (Å²) in [5, 5.41) is 7.86. The number of nitrogens with two attached hydrogens (primary N) is 1. The Morgan fingerprint density at radius 1 is 1.21 bits per heavy atom. The third-order valence-corrected chi connectivity index (χ3v) is 5.42. The van der Waals surface area contributed by atoms with E-state index in [-0.39, 0.29) is 11.9 Å². The average molecular weight is 324 g/mol. The van der Waals surface area contributed by atoms with Gasteiger partial charge in [0.25, 0.3) is 5.91 Å². The number of hydrogen-bond acceptors (Lipinski definition) is 3. The Hall–Kier alpha value is -2.14. The Morgan fingerprint density at radius 3 is 2.83 bits per heavy atom. The van der Waals surface area contributed by atoms with Crippen LogP contribution in [-0.2, 0) is 12.8 Å². The Bertz CT molecular complexity index is 737. The van der Waals surface area contributed by atoms with Gasteiger partial charge in [0.15, 0.2) is 5.69 Å². The smallest absolute Gasteiger partial charge is 0.272 e. The lowest BCUT2D eigenvalue weighted by Gasteiger charge is -2.19. The topological polar surface area (TPSA) is 72.9 Å². The number of nitrogens with zero attached hydrogens (tertiary/aromatic N) is 2. The fraction of sp³-hybridized carbons (Fsp3) is 0.474. The predicted molar refractivity (Wildman–Crippen MR) is 93.2 cm³/mol. The van der Waals surface area contributed by atoms with Gasteiger partial charge in [-0.25, -0.2) is 4.68 Å². The van der Waals surface area contributed by atoms with Crippen LogP contribution in [0.3, 0.4) is 0 Å². The number of para-hydroxylation sites is 1. The van der Waals surface area contributed by atoms with Crippen LogP contribution in [-0.4, -0.2) is 28.3 Å². The molecule has 0 spiro atoms. The zero-order chi connectivity index (χ0) is 16.5. The van der Waals surface area contributed by atoms with Crippen molar-refractivity contribution in [3.63, 3.8) is 0 Å². The quantitative estimate of drug-likeness (QED) is 0.906. The second kappa shape index (κ2) is 6.40. The Labute approximate surface area is 142 Å². The first-order valence-electron chi connectivity index (χ1n) is 8.95. The van der Waals surface area contributed by atoms with Crippen molar-refractivity contribution >= 4 is 5.91 Å². The molecule has 2 atom stereocenters. The molecule has 4 rings (SSSR count). The van der Waals surface area contributed by atoms with E-state index < -0.39 is 0 Å². The van der Waals surface area contributed by atoms with E-state index in [1.165, 1.54) is 5.69 Å². The maximum absolute atomic E-state index is 12.8. The van der Waals surface area contributed by atoms with Crippen molar-refractivity contribution in [1.29, 1.82) is 0 Å². The maximum Gasteiger partial charge on any atom is 0.272 e. The van der Waals surface area contributed by atoms with E-state index in [4.69, 9.17) is 5.73 Å². The lowest BCUT2D eigenvalue weighted by atomic mass is 10.0. The molecule has 2 aliphatic carbocycles. The summed E-state index contributed by atoms with van der Waals surface area (Å²) in [6.07, 6.45) is 6.29. The van der Waals surface area contributed by atoms with E-state index in [0.717, 1.165) is 49.8 Å². The summed E-state index contributed by atoms with van der Waals surface area (Å²) in [4.78, 5) is 12.8. The molecule has 1 saturated carbocycles. The summed E-state index contributed by atoms with van der Waals surface area (Å²) in [6, 6.07) is 10.3. The molecule has 1 aromatic heterocycles. The van der Waals surface area contributed by atoms with Crippen molar-refractivity contribution in [1.82, 2.24) is 15.1 Å². The molecule has 2 aromatic rings. The Morgan fingerprint density at radius 2 is 2.04 bits per heavy atom. The molecule has 2 unspecified atom stereocenters. The van der Waals surface area contributed by atoms with Crippen LogP contribution in [0, 0.1) is 5.92 Å². The summed E-state index contributed by atoms with van der Waals surface area (Å²) in [7, 11) is 0. The number of benzene rings is 1. The van der Waals surface area contributed by atoms with Gasteiger partial charge >= 0.3 is 0 Å². The predicted octanol–water partition coefficient (Wildman–Crippen LogP) is 2.22. The lowest BCUT2D eigenvalue weighted by molar-refractivity contribution is 0.0922. The highest BCUT2D eigenvalue weighted by Crippen LogP contribution is 2.29. The largest absolute Gasteiger partial charge is 0.348 e. The molecule has 1 fully saturated rings. The molecule has 0 radical (unpaired) electrons. The average Bonchev–Trinajstić information content (AvgIpc) is 3.31. The van der Waals surface area contributed by atoms with Crippen molar-refractivity contribution in [3.05, 3.63) is 47.3 Å². The second-order valence-corrected chi connectivity index (χ2v) is 6.88. The van der Waals surface area contributed by atoms with Crippen LogP contribution >= 0.6 is 0 Å². The van der Waals surface area contributed by atoms with Crippen LogP contribution < -0.4 is 11.1 Å². The highest BCUT2D eigenvalue weighted by atomic mass is 16.2. The van der Waals surface area contributed by atoms with Crippen LogP contribution in [0.15, 0.2) is 30.3 Å². The first-order chi connectivity index (χ1) is 11.8.